The second-order valence-electron chi connectivity index (χ2n) is 5.32. The molecule has 2 aromatic rings. The van der Waals surface area contributed by atoms with Gasteiger partial charge in [0.1, 0.15) is 9.90 Å². The van der Waals surface area contributed by atoms with Crippen molar-refractivity contribution in [2.75, 3.05) is 17.7 Å². The van der Waals surface area contributed by atoms with E-state index in [1.165, 1.54) is 0 Å². The minimum atomic E-state index is -3.36. The molecule has 1 fully saturated rings. The second kappa shape index (κ2) is 4.99. The number of aryl methyl sites for hydroxylation is 1. The number of nitrogen functional groups attached to an aromatic ring is 1. The molecule has 2 N–H and O–H groups in total. The molecule has 0 saturated heterocycles. The highest BCUT2D eigenvalue weighted by Crippen LogP contribution is 2.42. The number of nitrogens with two attached hydrogens (primary N) is 1. The summed E-state index contributed by atoms with van der Waals surface area (Å²) in [5, 5.41) is 4.42. The first-order chi connectivity index (χ1) is 9.89. The molecule has 1 aliphatic carbocycles. The number of hydrogen-bond acceptors (Lipinski definition) is 7. The Bertz CT molecular complexity index is 760. The largest absolute Gasteiger partial charge is 0.382 e. The molecule has 0 aromatic carbocycles. The molecule has 0 atom stereocenters. The van der Waals surface area contributed by atoms with Crippen molar-refractivity contribution in [2.24, 2.45) is 7.05 Å². The smallest absolute Gasteiger partial charge is 0.187 e. The third kappa shape index (κ3) is 2.62. The van der Waals surface area contributed by atoms with Crippen LogP contribution in [0, 0.1) is 0 Å². The first-order valence-electron chi connectivity index (χ1n) is 6.57. The summed E-state index contributed by atoms with van der Waals surface area (Å²) in [6, 6.07) is 0. The van der Waals surface area contributed by atoms with Gasteiger partial charge in [-0.05, 0) is 24.4 Å². The van der Waals surface area contributed by atoms with Crippen molar-refractivity contribution >= 4 is 32.2 Å². The molecule has 0 spiro atoms. The standard InChI is InChI=1S/C12H17N5O2S2/c1-16(6-8-5-14-17(2)7-8)12-10(11(13)15-20-12)21(18,19)9-3-4-9/h5,7,9H,3-4,6H2,1-2H3,(H2,13,15). The molecule has 2 heterocycles. The van der Waals surface area contributed by atoms with Crippen LogP contribution >= 0.6 is 11.5 Å². The van der Waals surface area contributed by atoms with Crippen molar-refractivity contribution in [3.05, 3.63) is 18.0 Å². The maximum absolute atomic E-state index is 12.5. The maximum Gasteiger partial charge on any atom is 0.187 e. The number of hydrogen-bond donors (Lipinski definition) is 1. The van der Waals surface area contributed by atoms with E-state index in [2.05, 4.69) is 9.47 Å². The Hall–Kier alpha value is -1.61. The van der Waals surface area contributed by atoms with Gasteiger partial charge in [-0.3, -0.25) is 4.68 Å². The molecule has 0 aliphatic heterocycles. The Morgan fingerprint density at radius 2 is 2.24 bits per heavy atom. The van der Waals surface area contributed by atoms with Crippen LogP contribution in [0.1, 0.15) is 18.4 Å². The second-order valence-corrected chi connectivity index (χ2v) is 8.24. The summed E-state index contributed by atoms with van der Waals surface area (Å²) < 4.78 is 30.8. The molecular formula is C12H17N5O2S2. The fourth-order valence-corrected chi connectivity index (χ4v) is 5.25. The molecule has 114 valence electrons. The van der Waals surface area contributed by atoms with E-state index in [0.29, 0.717) is 24.4 Å². The van der Waals surface area contributed by atoms with Crippen molar-refractivity contribution in [2.45, 2.75) is 29.5 Å². The Balaban J connectivity index is 1.92. The summed E-state index contributed by atoms with van der Waals surface area (Å²) in [6.45, 7) is 0.558. The Labute approximate surface area is 127 Å². The van der Waals surface area contributed by atoms with Gasteiger partial charge in [-0.25, -0.2) is 8.42 Å². The van der Waals surface area contributed by atoms with Crippen LogP contribution in [-0.4, -0.2) is 34.9 Å². The fraction of sp³-hybridized carbons (Fsp3) is 0.500. The summed E-state index contributed by atoms with van der Waals surface area (Å²) in [5.74, 6) is 0.111. The zero-order chi connectivity index (χ0) is 15.2. The number of nitrogens with zero attached hydrogens (tertiary/aromatic N) is 4. The third-order valence-corrected chi connectivity index (χ3v) is 6.86. The summed E-state index contributed by atoms with van der Waals surface area (Å²) >= 11 is 1.13. The molecule has 3 rings (SSSR count). The topological polar surface area (TPSA) is 94.1 Å². The Kier molecular flexibility index (Phi) is 3.40. The minimum Gasteiger partial charge on any atom is -0.382 e. The lowest BCUT2D eigenvalue weighted by atomic mass is 10.3. The van der Waals surface area contributed by atoms with Crippen LogP contribution in [0.2, 0.25) is 0 Å². The van der Waals surface area contributed by atoms with E-state index in [0.717, 1.165) is 17.1 Å². The van der Waals surface area contributed by atoms with Crippen LogP contribution in [0.25, 0.3) is 0 Å². The van der Waals surface area contributed by atoms with Gasteiger partial charge in [0.25, 0.3) is 0 Å². The number of sulfone groups is 1. The number of rotatable bonds is 5. The van der Waals surface area contributed by atoms with Gasteiger partial charge in [0.05, 0.1) is 11.4 Å². The minimum absolute atomic E-state index is 0.111. The SMILES string of the molecule is CN(Cc1cnn(C)c1)c1snc(N)c1S(=O)(=O)C1CC1. The summed E-state index contributed by atoms with van der Waals surface area (Å²) in [5.41, 5.74) is 6.81. The summed E-state index contributed by atoms with van der Waals surface area (Å²) in [6.07, 6.45) is 5.08. The van der Waals surface area contributed by atoms with Crippen molar-refractivity contribution in [3.63, 3.8) is 0 Å². The highest BCUT2D eigenvalue weighted by molar-refractivity contribution is 7.92. The van der Waals surface area contributed by atoms with E-state index in [4.69, 9.17) is 5.73 Å². The maximum atomic E-state index is 12.5. The van der Waals surface area contributed by atoms with Crippen LogP contribution in [0.5, 0.6) is 0 Å². The molecule has 0 radical (unpaired) electrons. The molecular weight excluding hydrogens is 310 g/mol. The van der Waals surface area contributed by atoms with Crippen LogP contribution in [0.4, 0.5) is 10.8 Å². The lowest BCUT2D eigenvalue weighted by Crippen LogP contribution is -2.19. The van der Waals surface area contributed by atoms with Crippen LogP contribution in [-0.2, 0) is 23.4 Å². The highest BCUT2D eigenvalue weighted by atomic mass is 32.2. The zero-order valence-corrected chi connectivity index (χ0v) is 13.5. The molecule has 0 amide bonds. The molecule has 0 unspecified atom stereocenters. The van der Waals surface area contributed by atoms with Crippen molar-refractivity contribution in [1.29, 1.82) is 0 Å². The van der Waals surface area contributed by atoms with Crippen LogP contribution in [0.15, 0.2) is 17.3 Å². The van der Waals surface area contributed by atoms with Gasteiger partial charge in [-0.1, -0.05) is 0 Å². The van der Waals surface area contributed by atoms with Gasteiger partial charge in [0.2, 0.25) is 0 Å². The molecule has 2 aromatic heterocycles. The van der Waals surface area contributed by atoms with Gasteiger partial charge in [0, 0.05) is 32.4 Å². The molecule has 1 saturated carbocycles. The predicted molar refractivity (Wildman–Crippen MR) is 82.0 cm³/mol. The molecule has 21 heavy (non-hydrogen) atoms. The van der Waals surface area contributed by atoms with Crippen LogP contribution in [0.3, 0.4) is 0 Å². The quantitative estimate of drug-likeness (QED) is 0.881. The monoisotopic (exact) mass is 327 g/mol. The summed E-state index contributed by atoms with van der Waals surface area (Å²) in [7, 11) is 0.328. The van der Waals surface area contributed by atoms with E-state index in [-0.39, 0.29) is 16.0 Å². The number of anilines is 2. The van der Waals surface area contributed by atoms with Crippen molar-refractivity contribution in [1.82, 2.24) is 14.2 Å². The van der Waals surface area contributed by atoms with Crippen molar-refractivity contribution < 1.29 is 8.42 Å². The van der Waals surface area contributed by atoms with Crippen LogP contribution < -0.4 is 10.6 Å². The lowest BCUT2D eigenvalue weighted by molar-refractivity contribution is 0.595. The number of aromatic nitrogens is 3. The molecule has 7 nitrogen and oxygen atoms in total. The highest BCUT2D eigenvalue weighted by Gasteiger charge is 2.41. The predicted octanol–water partition coefficient (Wildman–Crippen LogP) is 1.03. The van der Waals surface area contributed by atoms with Gasteiger partial charge in [-0.2, -0.15) is 9.47 Å². The van der Waals surface area contributed by atoms with E-state index < -0.39 is 9.84 Å². The molecule has 0 bridgehead atoms. The normalized spacial score (nSPS) is 15.3. The van der Waals surface area contributed by atoms with Gasteiger partial charge < -0.3 is 10.6 Å². The van der Waals surface area contributed by atoms with E-state index in [1.807, 2.05) is 25.2 Å². The average molecular weight is 327 g/mol. The Morgan fingerprint density at radius 3 is 2.81 bits per heavy atom. The van der Waals surface area contributed by atoms with Gasteiger partial charge in [-0.15, -0.1) is 0 Å². The fourth-order valence-electron chi connectivity index (χ4n) is 2.24. The molecule has 9 heteroatoms. The lowest BCUT2D eigenvalue weighted by Gasteiger charge is -2.17. The average Bonchev–Trinajstić information content (AvgIpc) is 3.09. The first kappa shape index (κ1) is 14.3. The Morgan fingerprint density at radius 1 is 1.52 bits per heavy atom. The summed E-state index contributed by atoms with van der Waals surface area (Å²) in [4.78, 5) is 2.06. The van der Waals surface area contributed by atoms with Gasteiger partial charge in [0.15, 0.2) is 15.7 Å². The van der Waals surface area contributed by atoms with E-state index >= 15 is 0 Å². The molecule has 1 aliphatic rings. The van der Waals surface area contributed by atoms with Crippen molar-refractivity contribution in [3.8, 4) is 0 Å². The van der Waals surface area contributed by atoms with Gasteiger partial charge >= 0.3 is 0 Å². The third-order valence-electron chi connectivity index (χ3n) is 3.43. The zero-order valence-electron chi connectivity index (χ0n) is 11.9. The van der Waals surface area contributed by atoms with E-state index in [1.54, 1.807) is 10.9 Å². The first-order valence-corrected chi connectivity index (χ1v) is 8.89. The van der Waals surface area contributed by atoms with E-state index in [9.17, 15) is 8.42 Å².